The van der Waals surface area contributed by atoms with Crippen LogP contribution in [0.25, 0.3) is 0 Å². The van der Waals surface area contributed by atoms with E-state index in [-0.39, 0.29) is 17.6 Å². The highest BCUT2D eigenvalue weighted by molar-refractivity contribution is 5.95. The first-order chi connectivity index (χ1) is 12.2. The van der Waals surface area contributed by atoms with Crippen LogP contribution in [-0.2, 0) is 0 Å². The SMILES string of the molecule is O=C(NCCCCCCC(=O)c1ccccc1)Nc1ccccc1O. The van der Waals surface area contributed by atoms with Crippen LogP contribution in [0.5, 0.6) is 5.75 Å². The number of nitrogens with one attached hydrogen (secondary N) is 2. The van der Waals surface area contributed by atoms with Crippen LogP contribution in [0.3, 0.4) is 0 Å². The number of hydrogen-bond acceptors (Lipinski definition) is 3. The van der Waals surface area contributed by atoms with Gasteiger partial charge in [0.25, 0.3) is 0 Å². The second kappa shape index (κ2) is 10.1. The molecule has 0 bridgehead atoms. The number of carbonyl (C=O) groups is 2. The molecule has 0 unspecified atom stereocenters. The molecular formula is C20H24N2O3. The van der Waals surface area contributed by atoms with Crippen molar-refractivity contribution in [3.63, 3.8) is 0 Å². The lowest BCUT2D eigenvalue weighted by Crippen LogP contribution is -2.29. The first kappa shape index (κ1) is 18.5. The molecule has 0 atom stereocenters. The highest BCUT2D eigenvalue weighted by atomic mass is 16.3. The molecule has 0 aliphatic carbocycles. The van der Waals surface area contributed by atoms with Gasteiger partial charge in [0.05, 0.1) is 5.69 Å². The maximum absolute atomic E-state index is 11.9. The number of benzene rings is 2. The quantitative estimate of drug-likeness (QED) is 0.361. The topological polar surface area (TPSA) is 78.4 Å². The number of ketones is 1. The summed E-state index contributed by atoms with van der Waals surface area (Å²) in [5.41, 5.74) is 1.16. The van der Waals surface area contributed by atoms with E-state index in [0.717, 1.165) is 31.2 Å². The summed E-state index contributed by atoms with van der Waals surface area (Å²) < 4.78 is 0. The maximum atomic E-state index is 11.9. The molecule has 0 aliphatic rings. The Kier molecular flexibility index (Phi) is 7.50. The summed E-state index contributed by atoms with van der Waals surface area (Å²) in [4.78, 5) is 23.7. The molecule has 25 heavy (non-hydrogen) atoms. The largest absolute Gasteiger partial charge is 0.506 e. The number of Topliss-reactive ketones (excluding diaryl/α,β-unsaturated/α-hetero) is 1. The first-order valence-corrected chi connectivity index (χ1v) is 8.58. The summed E-state index contributed by atoms with van der Waals surface area (Å²) in [5.74, 6) is 0.224. The Morgan fingerprint density at radius 2 is 1.52 bits per heavy atom. The molecule has 132 valence electrons. The van der Waals surface area contributed by atoms with Crippen molar-refractivity contribution in [3.05, 3.63) is 60.2 Å². The van der Waals surface area contributed by atoms with Gasteiger partial charge < -0.3 is 15.7 Å². The molecule has 2 aromatic carbocycles. The molecule has 0 aliphatic heterocycles. The summed E-state index contributed by atoms with van der Waals surface area (Å²) in [5, 5.41) is 14.9. The third kappa shape index (κ3) is 6.67. The van der Waals surface area contributed by atoms with Crippen LogP contribution >= 0.6 is 0 Å². The van der Waals surface area contributed by atoms with Crippen molar-refractivity contribution in [2.45, 2.75) is 32.1 Å². The van der Waals surface area contributed by atoms with E-state index in [1.165, 1.54) is 6.07 Å². The molecule has 0 spiro atoms. The van der Waals surface area contributed by atoms with Gasteiger partial charge in [0.1, 0.15) is 5.75 Å². The van der Waals surface area contributed by atoms with Crippen molar-refractivity contribution in [3.8, 4) is 5.75 Å². The zero-order valence-corrected chi connectivity index (χ0v) is 14.2. The van der Waals surface area contributed by atoms with Gasteiger partial charge in [-0.05, 0) is 25.0 Å². The van der Waals surface area contributed by atoms with Crippen LogP contribution in [0.15, 0.2) is 54.6 Å². The Bertz CT molecular complexity index is 686. The van der Waals surface area contributed by atoms with Crippen LogP contribution in [0.1, 0.15) is 42.5 Å². The number of para-hydroxylation sites is 2. The van der Waals surface area contributed by atoms with Gasteiger partial charge in [0.2, 0.25) is 0 Å². The van der Waals surface area contributed by atoms with E-state index in [4.69, 9.17) is 0 Å². The third-order valence-electron chi connectivity index (χ3n) is 3.86. The van der Waals surface area contributed by atoms with Crippen LogP contribution in [0.2, 0.25) is 0 Å². The number of anilines is 1. The maximum Gasteiger partial charge on any atom is 0.319 e. The molecule has 0 saturated carbocycles. The average Bonchev–Trinajstić information content (AvgIpc) is 2.63. The molecule has 5 nitrogen and oxygen atoms in total. The van der Waals surface area contributed by atoms with Gasteiger partial charge in [-0.3, -0.25) is 4.79 Å². The highest BCUT2D eigenvalue weighted by Gasteiger charge is 2.05. The molecule has 0 fully saturated rings. The lowest BCUT2D eigenvalue weighted by molar-refractivity contribution is 0.0979. The Hall–Kier alpha value is -2.82. The predicted octanol–water partition coefficient (Wildman–Crippen LogP) is 4.35. The molecule has 0 saturated heterocycles. The number of hydrogen-bond donors (Lipinski definition) is 3. The normalized spacial score (nSPS) is 10.2. The van der Waals surface area contributed by atoms with Gasteiger partial charge in [0.15, 0.2) is 5.78 Å². The predicted molar refractivity (Wildman–Crippen MR) is 99.0 cm³/mol. The molecule has 5 heteroatoms. The second-order valence-electron chi connectivity index (χ2n) is 5.85. The second-order valence-corrected chi connectivity index (χ2v) is 5.85. The number of urea groups is 1. The molecule has 3 N–H and O–H groups in total. The lowest BCUT2D eigenvalue weighted by Gasteiger charge is -2.08. The highest BCUT2D eigenvalue weighted by Crippen LogP contribution is 2.21. The van der Waals surface area contributed by atoms with Crippen molar-refractivity contribution < 1.29 is 14.7 Å². The zero-order valence-electron chi connectivity index (χ0n) is 14.2. The number of phenolic OH excluding ortho intramolecular Hbond substituents is 1. The third-order valence-corrected chi connectivity index (χ3v) is 3.86. The van der Waals surface area contributed by atoms with Gasteiger partial charge in [-0.25, -0.2) is 4.79 Å². The molecule has 2 aromatic rings. The smallest absolute Gasteiger partial charge is 0.319 e. The summed E-state index contributed by atoms with van der Waals surface area (Å²) in [6, 6.07) is 15.6. The summed E-state index contributed by atoms with van der Waals surface area (Å²) >= 11 is 0. The minimum Gasteiger partial charge on any atom is -0.506 e. The molecular weight excluding hydrogens is 316 g/mol. The van der Waals surface area contributed by atoms with Crippen molar-refractivity contribution in [1.82, 2.24) is 5.32 Å². The minimum atomic E-state index is -0.333. The van der Waals surface area contributed by atoms with Crippen molar-refractivity contribution in [1.29, 1.82) is 0 Å². The summed E-state index contributed by atoms with van der Waals surface area (Å²) in [6.45, 7) is 0.562. The van der Waals surface area contributed by atoms with E-state index in [1.807, 2.05) is 30.3 Å². The van der Waals surface area contributed by atoms with Gasteiger partial charge >= 0.3 is 6.03 Å². The Balaban J connectivity index is 1.53. The van der Waals surface area contributed by atoms with Gasteiger partial charge in [-0.1, -0.05) is 55.3 Å². The summed E-state index contributed by atoms with van der Waals surface area (Å²) in [7, 11) is 0. The standard InChI is InChI=1S/C20H24N2O3/c23-18(16-10-4-3-5-11-16)13-6-1-2-9-15-21-20(25)22-17-12-7-8-14-19(17)24/h3-5,7-8,10-12,14,24H,1-2,6,9,13,15H2,(H2,21,22,25). The summed E-state index contributed by atoms with van der Waals surface area (Å²) in [6.07, 6.45) is 4.19. The van der Waals surface area contributed by atoms with E-state index >= 15 is 0 Å². The first-order valence-electron chi connectivity index (χ1n) is 8.58. The Morgan fingerprint density at radius 1 is 0.840 bits per heavy atom. The average molecular weight is 340 g/mol. The molecule has 0 aromatic heterocycles. The van der Waals surface area contributed by atoms with Crippen molar-refractivity contribution in [2.75, 3.05) is 11.9 Å². The Morgan fingerprint density at radius 3 is 2.28 bits per heavy atom. The van der Waals surface area contributed by atoms with E-state index in [2.05, 4.69) is 10.6 Å². The number of carbonyl (C=O) groups excluding carboxylic acids is 2. The molecule has 0 radical (unpaired) electrons. The monoisotopic (exact) mass is 340 g/mol. The van der Waals surface area contributed by atoms with E-state index in [1.54, 1.807) is 18.2 Å². The van der Waals surface area contributed by atoms with Gasteiger partial charge in [0, 0.05) is 18.5 Å². The fraction of sp³-hybridized carbons (Fsp3) is 0.300. The number of unbranched alkanes of at least 4 members (excludes halogenated alkanes) is 3. The van der Waals surface area contributed by atoms with Crippen LogP contribution in [0.4, 0.5) is 10.5 Å². The van der Waals surface area contributed by atoms with Crippen molar-refractivity contribution in [2.24, 2.45) is 0 Å². The number of rotatable bonds is 9. The molecule has 0 heterocycles. The van der Waals surface area contributed by atoms with Crippen LogP contribution < -0.4 is 10.6 Å². The van der Waals surface area contributed by atoms with E-state index in [9.17, 15) is 14.7 Å². The van der Waals surface area contributed by atoms with Crippen molar-refractivity contribution >= 4 is 17.5 Å². The van der Waals surface area contributed by atoms with Gasteiger partial charge in [-0.15, -0.1) is 0 Å². The number of phenols is 1. The fourth-order valence-electron chi connectivity index (χ4n) is 2.48. The fourth-order valence-corrected chi connectivity index (χ4v) is 2.48. The number of aromatic hydroxyl groups is 1. The molecule has 2 rings (SSSR count). The van der Waals surface area contributed by atoms with E-state index < -0.39 is 0 Å². The zero-order chi connectivity index (χ0) is 17.9. The minimum absolute atomic E-state index is 0.0423. The van der Waals surface area contributed by atoms with Crippen LogP contribution in [-0.4, -0.2) is 23.5 Å². The van der Waals surface area contributed by atoms with E-state index in [0.29, 0.717) is 18.7 Å². The molecule has 2 amide bonds. The number of amides is 2. The van der Waals surface area contributed by atoms with Crippen LogP contribution in [0, 0.1) is 0 Å². The van der Waals surface area contributed by atoms with Gasteiger partial charge in [-0.2, -0.15) is 0 Å². The Labute approximate surface area is 148 Å². The lowest BCUT2D eigenvalue weighted by atomic mass is 10.0.